The number of aryl methyl sites for hydroxylation is 1. The first kappa shape index (κ1) is 22.7. The van der Waals surface area contributed by atoms with Crippen LogP contribution in [0.15, 0.2) is 29.1 Å². The second kappa shape index (κ2) is 9.47. The highest BCUT2D eigenvalue weighted by Gasteiger charge is 2.25. The molecule has 1 aromatic carbocycles. The van der Waals surface area contributed by atoms with E-state index in [-0.39, 0.29) is 24.0 Å². The topological polar surface area (TPSA) is 96.8 Å². The smallest absolute Gasteiger partial charge is 0.410 e. The van der Waals surface area contributed by atoms with E-state index in [1.165, 1.54) is 4.68 Å². The van der Waals surface area contributed by atoms with Crippen LogP contribution in [0.5, 0.6) is 0 Å². The van der Waals surface area contributed by atoms with E-state index in [0.29, 0.717) is 42.6 Å². The Morgan fingerprint density at radius 2 is 1.74 bits per heavy atom. The molecule has 0 saturated carbocycles. The minimum Gasteiger partial charge on any atom is -0.444 e. The number of fused-ring (bicyclic) bond motifs is 1. The Hall–Kier alpha value is -2.94. The summed E-state index contributed by atoms with van der Waals surface area (Å²) in [7, 11) is 1.59. The van der Waals surface area contributed by atoms with Crippen LogP contribution in [-0.2, 0) is 23.0 Å². The van der Waals surface area contributed by atoms with Gasteiger partial charge in [-0.3, -0.25) is 14.5 Å². The molecule has 1 aliphatic heterocycles. The number of carbonyl (C=O) groups excluding carboxylic acids is 2. The third-order valence-corrected chi connectivity index (χ3v) is 5.14. The zero-order valence-electron chi connectivity index (χ0n) is 18.7. The molecule has 1 fully saturated rings. The predicted molar refractivity (Wildman–Crippen MR) is 118 cm³/mol. The molecule has 2 amide bonds. The second-order valence-corrected chi connectivity index (χ2v) is 8.76. The molecule has 9 heteroatoms. The van der Waals surface area contributed by atoms with Gasteiger partial charge in [0.05, 0.1) is 17.5 Å². The first-order valence-corrected chi connectivity index (χ1v) is 10.6. The van der Waals surface area contributed by atoms with Crippen LogP contribution < -0.4 is 10.9 Å². The predicted octanol–water partition coefficient (Wildman–Crippen LogP) is 1.14. The lowest BCUT2D eigenvalue weighted by atomic mass is 10.1. The Kier molecular flexibility index (Phi) is 6.94. The van der Waals surface area contributed by atoms with Crippen molar-refractivity contribution in [1.29, 1.82) is 0 Å². The lowest BCUT2D eigenvalue weighted by molar-refractivity contribution is -0.120. The van der Waals surface area contributed by atoms with E-state index in [0.717, 1.165) is 13.1 Å². The number of nitrogens with one attached hydrogen (secondary N) is 1. The number of ether oxygens (including phenoxy) is 1. The van der Waals surface area contributed by atoms with Gasteiger partial charge in [-0.1, -0.05) is 18.2 Å². The fourth-order valence-corrected chi connectivity index (χ4v) is 3.56. The van der Waals surface area contributed by atoms with Crippen LogP contribution in [-0.4, -0.2) is 76.5 Å². The van der Waals surface area contributed by atoms with Crippen molar-refractivity contribution in [3.63, 3.8) is 0 Å². The van der Waals surface area contributed by atoms with Gasteiger partial charge in [-0.25, -0.2) is 9.48 Å². The summed E-state index contributed by atoms with van der Waals surface area (Å²) in [6, 6.07) is 7.20. The van der Waals surface area contributed by atoms with Crippen LogP contribution in [0.1, 0.15) is 26.5 Å². The molecule has 0 spiro atoms. The molecule has 0 bridgehead atoms. The lowest BCUT2D eigenvalue weighted by Crippen LogP contribution is -2.51. The third-order valence-electron chi connectivity index (χ3n) is 5.14. The molecule has 9 nitrogen and oxygen atoms in total. The van der Waals surface area contributed by atoms with Crippen molar-refractivity contribution in [3.05, 3.63) is 40.3 Å². The molecule has 0 radical (unpaired) electrons. The number of hydrogen-bond acceptors (Lipinski definition) is 6. The Labute approximate surface area is 182 Å². The molecule has 2 heterocycles. The lowest BCUT2D eigenvalue weighted by Gasteiger charge is -2.35. The van der Waals surface area contributed by atoms with E-state index in [1.807, 2.05) is 32.9 Å². The molecule has 31 heavy (non-hydrogen) atoms. The van der Waals surface area contributed by atoms with Gasteiger partial charge in [0, 0.05) is 51.7 Å². The van der Waals surface area contributed by atoms with Gasteiger partial charge < -0.3 is 15.0 Å². The van der Waals surface area contributed by atoms with Crippen LogP contribution in [0.3, 0.4) is 0 Å². The quantitative estimate of drug-likeness (QED) is 0.766. The molecule has 1 aliphatic rings. The van der Waals surface area contributed by atoms with Gasteiger partial charge in [0.1, 0.15) is 5.60 Å². The highest BCUT2D eigenvalue weighted by Crippen LogP contribution is 2.14. The summed E-state index contributed by atoms with van der Waals surface area (Å²) in [6.45, 7) is 9.48. The largest absolute Gasteiger partial charge is 0.444 e. The van der Waals surface area contributed by atoms with Crippen molar-refractivity contribution in [2.45, 2.75) is 32.8 Å². The van der Waals surface area contributed by atoms with Gasteiger partial charge in [0.25, 0.3) is 5.56 Å². The maximum absolute atomic E-state index is 12.4. The summed E-state index contributed by atoms with van der Waals surface area (Å²) in [5, 5.41) is 8.47. The molecule has 1 saturated heterocycles. The number of amides is 2. The molecule has 0 atom stereocenters. The van der Waals surface area contributed by atoms with Gasteiger partial charge >= 0.3 is 6.09 Å². The summed E-state index contributed by atoms with van der Waals surface area (Å²) in [5.41, 5.74) is -0.0875. The molecule has 0 aliphatic carbocycles. The first-order valence-electron chi connectivity index (χ1n) is 10.6. The van der Waals surface area contributed by atoms with E-state index in [1.54, 1.807) is 24.1 Å². The van der Waals surface area contributed by atoms with Crippen molar-refractivity contribution in [2.75, 3.05) is 39.3 Å². The molecule has 0 unspecified atom stereocenters. The zero-order chi connectivity index (χ0) is 22.6. The Bertz CT molecular complexity index is 1000. The Morgan fingerprint density at radius 3 is 2.39 bits per heavy atom. The molecule has 1 N–H and O–H groups in total. The maximum atomic E-state index is 12.4. The fraction of sp³-hybridized carbons (Fsp3) is 0.545. The monoisotopic (exact) mass is 429 g/mol. The van der Waals surface area contributed by atoms with Crippen LogP contribution in [0.4, 0.5) is 4.79 Å². The number of aromatic nitrogens is 2. The van der Waals surface area contributed by atoms with Gasteiger partial charge in [-0.05, 0) is 26.8 Å². The average Bonchev–Trinajstić information content (AvgIpc) is 2.71. The van der Waals surface area contributed by atoms with Gasteiger partial charge in [0.2, 0.25) is 5.91 Å². The second-order valence-electron chi connectivity index (χ2n) is 8.76. The normalized spacial score (nSPS) is 15.2. The van der Waals surface area contributed by atoms with Gasteiger partial charge in [-0.2, -0.15) is 5.10 Å². The minimum absolute atomic E-state index is 0.112. The molecule has 2 aromatic rings. The summed E-state index contributed by atoms with van der Waals surface area (Å²) in [6.07, 6.45) is -0.168. The van der Waals surface area contributed by atoms with Crippen molar-refractivity contribution in [3.8, 4) is 0 Å². The van der Waals surface area contributed by atoms with Gasteiger partial charge in [-0.15, -0.1) is 0 Å². The fourth-order valence-electron chi connectivity index (χ4n) is 3.56. The van der Waals surface area contributed by atoms with Crippen molar-refractivity contribution < 1.29 is 14.3 Å². The van der Waals surface area contributed by atoms with Crippen LogP contribution in [0.25, 0.3) is 10.8 Å². The van der Waals surface area contributed by atoms with Crippen molar-refractivity contribution >= 4 is 22.8 Å². The number of nitrogens with zero attached hydrogens (tertiary/aromatic N) is 4. The number of rotatable bonds is 5. The number of benzene rings is 1. The first-order chi connectivity index (χ1) is 14.6. The summed E-state index contributed by atoms with van der Waals surface area (Å²) >= 11 is 0. The third kappa shape index (κ3) is 6.04. The standard InChI is InChI=1S/C22H31N5O4/c1-22(2,3)31-21(30)27-13-11-26(12-14-27)10-9-23-19(28)15-18-16-7-5-6-8-17(16)20(29)25(4)24-18/h5-8H,9-15H2,1-4H3,(H,23,28). The highest BCUT2D eigenvalue weighted by atomic mass is 16.6. The van der Waals surface area contributed by atoms with E-state index in [4.69, 9.17) is 4.74 Å². The van der Waals surface area contributed by atoms with Crippen LogP contribution in [0, 0.1) is 0 Å². The van der Waals surface area contributed by atoms with E-state index < -0.39 is 5.60 Å². The minimum atomic E-state index is -0.496. The molecular weight excluding hydrogens is 398 g/mol. The SMILES string of the molecule is Cn1nc(CC(=O)NCCN2CCN(C(=O)OC(C)(C)C)CC2)c2ccccc2c1=O. The van der Waals surface area contributed by atoms with Crippen molar-refractivity contribution in [2.24, 2.45) is 7.05 Å². The Morgan fingerprint density at radius 1 is 1.10 bits per heavy atom. The molecular formula is C22H31N5O4. The van der Waals surface area contributed by atoms with Crippen LogP contribution >= 0.6 is 0 Å². The maximum Gasteiger partial charge on any atom is 0.410 e. The highest BCUT2D eigenvalue weighted by molar-refractivity contribution is 5.88. The number of carbonyl (C=O) groups is 2. The van der Waals surface area contributed by atoms with Crippen LogP contribution in [0.2, 0.25) is 0 Å². The molecule has 3 rings (SSSR count). The Balaban J connectivity index is 1.46. The summed E-state index contributed by atoms with van der Waals surface area (Å²) in [5.74, 6) is -0.135. The van der Waals surface area contributed by atoms with E-state index in [2.05, 4.69) is 15.3 Å². The number of piperazine rings is 1. The number of hydrogen-bond donors (Lipinski definition) is 1. The van der Waals surface area contributed by atoms with E-state index in [9.17, 15) is 14.4 Å². The zero-order valence-corrected chi connectivity index (χ0v) is 18.7. The van der Waals surface area contributed by atoms with E-state index >= 15 is 0 Å². The molecule has 1 aromatic heterocycles. The van der Waals surface area contributed by atoms with Crippen molar-refractivity contribution in [1.82, 2.24) is 24.9 Å². The summed E-state index contributed by atoms with van der Waals surface area (Å²) in [4.78, 5) is 40.7. The van der Waals surface area contributed by atoms with Gasteiger partial charge in [0.15, 0.2) is 0 Å². The average molecular weight is 430 g/mol. The summed E-state index contributed by atoms with van der Waals surface area (Å²) < 4.78 is 6.69. The molecule has 168 valence electrons.